The molecule has 3 nitrogen and oxygen atoms in total. The molecule has 0 atom stereocenters. The van der Waals surface area contributed by atoms with E-state index in [-0.39, 0.29) is 29.9 Å². The predicted octanol–water partition coefficient (Wildman–Crippen LogP) is 8.30. The van der Waals surface area contributed by atoms with Crippen LogP contribution in [-0.2, 0) is 4.79 Å². The fourth-order valence-corrected chi connectivity index (χ4v) is 3.16. The zero-order valence-corrected chi connectivity index (χ0v) is 15.8. The zero-order valence-electron chi connectivity index (χ0n) is 14.2. The highest BCUT2D eigenvalue weighted by molar-refractivity contribution is 8.46. The molecule has 15 heteroatoms. The number of amides is 1. The molecule has 2 aromatic carbocycles. The normalized spacial score (nSPS) is 16.7. The number of carbonyl (C=O) groups excluding carboxylic acids is 1. The molecule has 0 bridgehead atoms. The van der Waals surface area contributed by atoms with E-state index in [0.29, 0.717) is 12.1 Å². The van der Waals surface area contributed by atoms with Crippen molar-refractivity contribution in [1.82, 2.24) is 0 Å². The Bertz CT molecular complexity index is 915. The first-order chi connectivity index (χ1) is 12.6. The van der Waals surface area contributed by atoms with Crippen molar-refractivity contribution in [2.75, 3.05) is 17.7 Å². The average Bonchev–Trinajstić information content (AvgIpc) is 2.52. The van der Waals surface area contributed by atoms with Crippen LogP contribution < -0.4 is 10.6 Å². The maximum absolute atomic E-state index is 12.3. The summed E-state index contributed by atoms with van der Waals surface area (Å²) in [6, 6.07) is 5.27. The second kappa shape index (κ2) is 6.10. The van der Waals surface area contributed by atoms with Gasteiger partial charge < -0.3 is 10.6 Å². The number of rotatable bonds is 5. The summed E-state index contributed by atoms with van der Waals surface area (Å²) < 4.78 is 122. The zero-order chi connectivity index (χ0) is 22.9. The van der Waals surface area contributed by atoms with Crippen LogP contribution >= 0.6 is 20.4 Å². The van der Waals surface area contributed by atoms with Crippen molar-refractivity contribution in [3.05, 3.63) is 48.5 Å². The van der Waals surface area contributed by atoms with Crippen molar-refractivity contribution in [2.24, 2.45) is 0 Å². The van der Waals surface area contributed by atoms with Gasteiger partial charge in [0.15, 0.2) is 0 Å². The molecular formula is C14H14F10N2OS2. The van der Waals surface area contributed by atoms with E-state index in [1.807, 2.05) is 5.32 Å². The molecule has 29 heavy (non-hydrogen) atoms. The van der Waals surface area contributed by atoms with Gasteiger partial charge in [0.05, 0.1) is 0 Å². The Morgan fingerprint density at radius 2 is 1.07 bits per heavy atom. The van der Waals surface area contributed by atoms with Crippen molar-refractivity contribution < 1.29 is 43.7 Å². The van der Waals surface area contributed by atoms with Gasteiger partial charge in [0.1, 0.15) is 9.79 Å². The van der Waals surface area contributed by atoms with Crippen LogP contribution in [-0.4, -0.2) is 13.5 Å². The monoisotopic (exact) mass is 480 g/mol. The van der Waals surface area contributed by atoms with Crippen molar-refractivity contribution in [2.45, 2.75) is 9.79 Å². The second-order valence-corrected chi connectivity index (χ2v) is 10.3. The van der Waals surface area contributed by atoms with Gasteiger partial charge in [-0.3, -0.25) is 4.79 Å². The van der Waals surface area contributed by atoms with E-state index >= 15 is 0 Å². The molecule has 0 aliphatic carbocycles. The first-order valence-corrected chi connectivity index (χ1v) is 11.0. The Morgan fingerprint density at radius 3 is 1.41 bits per heavy atom. The standard InChI is InChI=1S/C7H6F5NOS.C7H8F5NS/c8-15(9,10,11,12)7-3-1-2-6(4-7)13-5-14;1-13-6-3-2-4-7(5-6)14(8,9,10,11)12/h1-5H,(H,13,14);2-5,13H,1H3. The summed E-state index contributed by atoms with van der Waals surface area (Å²) in [4.78, 5) is 6.02. The molecule has 2 aromatic rings. The first kappa shape index (κ1) is 24.7. The smallest absolute Gasteiger partial charge is 0.310 e. The fraction of sp³-hybridized carbons (Fsp3) is 0.0714. The van der Waals surface area contributed by atoms with Gasteiger partial charge in [0.2, 0.25) is 6.41 Å². The van der Waals surface area contributed by atoms with Crippen LogP contribution in [0.15, 0.2) is 58.3 Å². The van der Waals surface area contributed by atoms with E-state index in [4.69, 9.17) is 0 Å². The second-order valence-electron chi connectivity index (χ2n) is 5.51. The van der Waals surface area contributed by atoms with E-state index in [2.05, 4.69) is 5.32 Å². The highest BCUT2D eigenvalue weighted by Crippen LogP contribution is 3.02. The first-order valence-electron chi connectivity index (χ1n) is 7.12. The summed E-state index contributed by atoms with van der Waals surface area (Å²) in [6.45, 7) is 0. The molecule has 1 amide bonds. The third kappa shape index (κ3) is 7.92. The quantitative estimate of drug-likeness (QED) is 0.334. The molecule has 0 heterocycles. The van der Waals surface area contributed by atoms with E-state index in [9.17, 15) is 43.7 Å². The number of anilines is 2. The number of halogens is 10. The maximum Gasteiger partial charge on any atom is 0.310 e. The molecule has 2 N–H and O–H groups in total. The lowest BCUT2D eigenvalue weighted by Crippen LogP contribution is -2.06. The van der Waals surface area contributed by atoms with Crippen LogP contribution in [0.5, 0.6) is 0 Å². The fourth-order valence-electron chi connectivity index (χ4n) is 1.79. The van der Waals surface area contributed by atoms with Crippen molar-refractivity contribution >= 4 is 38.2 Å². The van der Waals surface area contributed by atoms with Gasteiger partial charge in [-0.1, -0.05) is 51.0 Å². The lowest BCUT2D eigenvalue weighted by Gasteiger charge is -2.40. The van der Waals surface area contributed by atoms with Crippen LogP contribution in [0.3, 0.4) is 0 Å². The summed E-state index contributed by atoms with van der Waals surface area (Å²) in [6.07, 6.45) is 0.102. The molecular weight excluding hydrogens is 466 g/mol. The third-order valence-electron chi connectivity index (χ3n) is 3.07. The summed E-state index contributed by atoms with van der Waals surface area (Å²) >= 11 is 0. The van der Waals surface area contributed by atoms with Crippen molar-refractivity contribution in [3.8, 4) is 0 Å². The minimum atomic E-state index is -9.65. The third-order valence-corrected chi connectivity index (χ3v) is 5.36. The molecule has 2 rings (SSSR count). The Morgan fingerprint density at radius 1 is 0.690 bits per heavy atom. The van der Waals surface area contributed by atoms with Crippen LogP contribution in [0.2, 0.25) is 0 Å². The molecule has 0 aromatic heterocycles. The molecule has 0 fully saturated rings. The SMILES string of the molecule is CNc1cccc(S(F)(F)(F)(F)F)c1.O=CNc1cccc(S(F)(F)(F)(F)F)c1. The van der Waals surface area contributed by atoms with Gasteiger partial charge in [-0.25, -0.2) is 0 Å². The molecule has 0 saturated carbocycles. The van der Waals surface area contributed by atoms with Gasteiger partial charge in [-0.2, -0.15) is 0 Å². The minimum absolute atomic E-state index is 0.00394. The lowest BCUT2D eigenvalue weighted by molar-refractivity contribution is -0.105. The summed E-state index contributed by atoms with van der Waals surface area (Å²) in [5.41, 5.74) is -0.341. The molecule has 0 aliphatic heterocycles. The van der Waals surface area contributed by atoms with Gasteiger partial charge >= 0.3 is 20.4 Å². The highest BCUT2D eigenvalue weighted by atomic mass is 32.5. The molecule has 0 radical (unpaired) electrons. The molecule has 0 spiro atoms. The van der Waals surface area contributed by atoms with Crippen molar-refractivity contribution in [3.63, 3.8) is 0 Å². The van der Waals surface area contributed by atoms with Crippen LogP contribution in [0.1, 0.15) is 0 Å². The summed E-state index contributed by atoms with van der Waals surface area (Å²) in [5, 5.41) is 4.22. The number of carbonyl (C=O) groups is 1. The van der Waals surface area contributed by atoms with Gasteiger partial charge in [-0.05, 0) is 36.4 Å². The Kier molecular flexibility index (Phi) is 5.21. The molecule has 168 valence electrons. The highest BCUT2D eigenvalue weighted by Gasteiger charge is 2.66. The van der Waals surface area contributed by atoms with Crippen molar-refractivity contribution in [1.29, 1.82) is 0 Å². The lowest BCUT2D eigenvalue weighted by atomic mass is 10.3. The van der Waals surface area contributed by atoms with Crippen LogP contribution in [0, 0.1) is 0 Å². The van der Waals surface area contributed by atoms with E-state index < -0.39 is 30.2 Å². The van der Waals surface area contributed by atoms with Crippen LogP contribution in [0.25, 0.3) is 0 Å². The van der Waals surface area contributed by atoms with Gasteiger partial charge in [-0.15, -0.1) is 0 Å². The van der Waals surface area contributed by atoms with Crippen LogP contribution in [0.4, 0.5) is 50.2 Å². The molecule has 0 unspecified atom stereocenters. The Balaban J connectivity index is 0.000000291. The maximum atomic E-state index is 12.3. The number of benzene rings is 2. The summed E-state index contributed by atoms with van der Waals surface area (Å²) in [5.74, 6) is 0. The Labute approximate surface area is 158 Å². The largest absolute Gasteiger partial charge is 0.388 e. The van der Waals surface area contributed by atoms with Gasteiger partial charge in [0, 0.05) is 18.4 Å². The predicted molar refractivity (Wildman–Crippen MR) is 94.9 cm³/mol. The minimum Gasteiger partial charge on any atom is -0.388 e. The topological polar surface area (TPSA) is 41.1 Å². The van der Waals surface area contributed by atoms with E-state index in [1.54, 1.807) is 0 Å². The Hall–Kier alpha value is -2.29. The molecule has 0 saturated heterocycles. The van der Waals surface area contributed by atoms with E-state index in [0.717, 1.165) is 18.2 Å². The average molecular weight is 480 g/mol. The van der Waals surface area contributed by atoms with Gasteiger partial charge in [0.25, 0.3) is 0 Å². The summed E-state index contributed by atoms with van der Waals surface area (Å²) in [7, 11) is -17.8. The molecule has 0 aliphatic rings. The number of nitrogens with one attached hydrogen (secondary N) is 2. The number of hydrogen-bond donors (Lipinski definition) is 2. The van der Waals surface area contributed by atoms with E-state index in [1.165, 1.54) is 13.1 Å². The number of hydrogen-bond acceptors (Lipinski definition) is 2.